The fourth-order valence-corrected chi connectivity index (χ4v) is 3.42. The van der Waals surface area contributed by atoms with Gasteiger partial charge in [0.05, 0.1) is 6.67 Å². The van der Waals surface area contributed by atoms with E-state index >= 15 is 0 Å². The second kappa shape index (κ2) is 8.20. The van der Waals surface area contributed by atoms with Crippen molar-refractivity contribution in [3.63, 3.8) is 0 Å². The van der Waals surface area contributed by atoms with E-state index in [4.69, 9.17) is 0 Å². The van der Waals surface area contributed by atoms with E-state index in [-0.39, 0.29) is 0 Å². The molecule has 2 aliphatic heterocycles. The Morgan fingerprint density at radius 2 is 1.11 bits per heavy atom. The summed E-state index contributed by atoms with van der Waals surface area (Å²) in [6.07, 6.45) is 5.28. The van der Waals surface area contributed by atoms with Gasteiger partial charge in [-0.05, 0) is 38.8 Å². The van der Waals surface area contributed by atoms with Crippen LogP contribution in [0, 0.1) is 0 Å². The molecule has 0 amide bonds. The number of piperidine rings is 2. The molecule has 0 saturated carbocycles. The molecule has 19 heavy (non-hydrogen) atoms. The molecule has 2 N–H and O–H groups in total. The molecule has 0 aromatic carbocycles. The Kier molecular flexibility index (Phi) is 6.57. The third-order valence-electron chi connectivity index (χ3n) is 4.56. The monoisotopic (exact) mass is 268 g/mol. The summed E-state index contributed by atoms with van der Waals surface area (Å²) in [4.78, 5) is 5.28. The number of likely N-dealkylation sites (tertiary alicyclic amines) is 2. The highest BCUT2D eigenvalue weighted by atomic mass is 15.3. The van der Waals surface area contributed by atoms with Crippen LogP contribution >= 0.6 is 0 Å². The van der Waals surface area contributed by atoms with Crippen molar-refractivity contribution in [1.29, 1.82) is 0 Å². The van der Waals surface area contributed by atoms with Gasteiger partial charge in [0, 0.05) is 38.3 Å². The van der Waals surface area contributed by atoms with E-state index in [1.54, 1.807) is 0 Å². The molecule has 4 heteroatoms. The third-order valence-corrected chi connectivity index (χ3v) is 4.56. The molecular formula is C15H32N4. The normalized spacial score (nSPS) is 24.9. The zero-order valence-electron chi connectivity index (χ0n) is 12.8. The molecule has 0 unspecified atom stereocenters. The summed E-state index contributed by atoms with van der Waals surface area (Å²) in [7, 11) is 0. The van der Waals surface area contributed by atoms with E-state index in [1.807, 2.05) is 0 Å². The van der Waals surface area contributed by atoms with Crippen LogP contribution in [0.25, 0.3) is 0 Å². The van der Waals surface area contributed by atoms with E-state index in [1.165, 1.54) is 58.5 Å². The van der Waals surface area contributed by atoms with Crippen LogP contribution in [0.5, 0.6) is 0 Å². The van der Waals surface area contributed by atoms with Crippen LogP contribution in [0.15, 0.2) is 0 Å². The first-order valence-electron chi connectivity index (χ1n) is 8.23. The molecule has 2 heterocycles. The fourth-order valence-electron chi connectivity index (χ4n) is 3.42. The van der Waals surface area contributed by atoms with E-state index < -0.39 is 0 Å². The van der Waals surface area contributed by atoms with Gasteiger partial charge in [-0.25, -0.2) is 0 Å². The van der Waals surface area contributed by atoms with Crippen molar-refractivity contribution >= 4 is 0 Å². The van der Waals surface area contributed by atoms with Crippen LogP contribution in [0.4, 0.5) is 0 Å². The Morgan fingerprint density at radius 3 is 1.42 bits per heavy atom. The van der Waals surface area contributed by atoms with Gasteiger partial charge in [-0.1, -0.05) is 13.8 Å². The lowest BCUT2D eigenvalue weighted by atomic mass is 10.0. The highest BCUT2D eigenvalue weighted by molar-refractivity contribution is 4.80. The first kappa shape index (κ1) is 15.2. The topological polar surface area (TPSA) is 30.5 Å². The van der Waals surface area contributed by atoms with Gasteiger partial charge in [0.15, 0.2) is 0 Å². The van der Waals surface area contributed by atoms with Gasteiger partial charge in [-0.2, -0.15) is 0 Å². The molecule has 2 fully saturated rings. The standard InChI is InChI=1S/C15H32N4/c1-3-16-14-5-9-18(10-6-14)13-19-11-7-15(8-12-19)17-4-2/h14-17H,3-13H2,1-2H3. The lowest BCUT2D eigenvalue weighted by Crippen LogP contribution is -2.50. The lowest BCUT2D eigenvalue weighted by molar-refractivity contribution is 0.0818. The van der Waals surface area contributed by atoms with Crippen LogP contribution in [0.2, 0.25) is 0 Å². The second-order valence-electron chi connectivity index (χ2n) is 6.04. The molecule has 0 bridgehead atoms. The van der Waals surface area contributed by atoms with Gasteiger partial charge in [-0.15, -0.1) is 0 Å². The molecule has 0 aromatic heterocycles. The minimum atomic E-state index is 0.765. The largest absolute Gasteiger partial charge is 0.314 e. The lowest BCUT2D eigenvalue weighted by Gasteiger charge is -2.39. The van der Waals surface area contributed by atoms with Crippen LogP contribution in [-0.2, 0) is 0 Å². The van der Waals surface area contributed by atoms with Gasteiger partial charge in [0.25, 0.3) is 0 Å². The molecule has 0 aromatic rings. The molecule has 4 nitrogen and oxygen atoms in total. The predicted molar refractivity (Wildman–Crippen MR) is 81.4 cm³/mol. The zero-order chi connectivity index (χ0) is 13.5. The van der Waals surface area contributed by atoms with Crippen molar-refractivity contribution in [2.75, 3.05) is 45.9 Å². The van der Waals surface area contributed by atoms with E-state index in [2.05, 4.69) is 34.3 Å². The van der Waals surface area contributed by atoms with Crippen molar-refractivity contribution in [2.45, 2.75) is 51.6 Å². The van der Waals surface area contributed by atoms with Gasteiger partial charge < -0.3 is 10.6 Å². The summed E-state index contributed by atoms with van der Waals surface area (Å²) < 4.78 is 0. The summed E-state index contributed by atoms with van der Waals surface area (Å²) in [6.45, 7) is 12.9. The van der Waals surface area contributed by atoms with Crippen LogP contribution in [0.3, 0.4) is 0 Å². The molecule has 2 saturated heterocycles. The summed E-state index contributed by atoms with van der Waals surface area (Å²) >= 11 is 0. The average Bonchev–Trinajstić information content (AvgIpc) is 2.44. The Hall–Kier alpha value is -0.160. The molecule has 112 valence electrons. The average molecular weight is 268 g/mol. The molecule has 0 aliphatic carbocycles. The Labute approximate surface area is 118 Å². The Morgan fingerprint density at radius 1 is 0.737 bits per heavy atom. The Balaban J connectivity index is 1.61. The second-order valence-corrected chi connectivity index (χ2v) is 6.04. The predicted octanol–water partition coefficient (Wildman–Crippen LogP) is 1.09. The van der Waals surface area contributed by atoms with Crippen LogP contribution in [0.1, 0.15) is 39.5 Å². The number of hydrogen-bond acceptors (Lipinski definition) is 4. The number of nitrogens with zero attached hydrogens (tertiary/aromatic N) is 2. The minimum absolute atomic E-state index is 0.765. The minimum Gasteiger partial charge on any atom is -0.314 e. The SMILES string of the molecule is CCNC1CCN(CN2CCC(NCC)CC2)CC1. The summed E-state index contributed by atoms with van der Waals surface area (Å²) in [5.74, 6) is 0. The summed E-state index contributed by atoms with van der Waals surface area (Å²) in [5, 5.41) is 7.16. The van der Waals surface area contributed by atoms with Gasteiger partial charge >= 0.3 is 0 Å². The van der Waals surface area contributed by atoms with Crippen LogP contribution in [-0.4, -0.2) is 67.8 Å². The molecule has 0 spiro atoms. The van der Waals surface area contributed by atoms with E-state index in [0.717, 1.165) is 25.2 Å². The molecule has 0 radical (unpaired) electrons. The van der Waals surface area contributed by atoms with Crippen molar-refractivity contribution < 1.29 is 0 Å². The number of hydrogen-bond donors (Lipinski definition) is 2. The molecule has 2 aliphatic rings. The van der Waals surface area contributed by atoms with Crippen molar-refractivity contribution in [2.24, 2.45) is 0 Å². The fraction of sp³-hybridized carbons (Fsp3) is 1.00. The van der Waals surface area contributed by atoms with Crippen molar-refractivity contribution in [1.82, 2.24) is 20.4 Å². The molecular weight excluding hydrogens is 236 g/mol. The van der Waals surface area contributed by atoms with Crippen molar-refractivity contribution in [3.8, 4) is 0 Å². The maximum atomic E-state index is 3.58. The third kappa shape index (κ3) is 5.03. The zero-order valence-corrected chi connectivity index (χ0v) is 12.8. The number of nitrogens with one attached hydrogen (secondary N) is 2. The van der Waals surface area contributed by atoms with Gasteiger partial charge in [-0.3, -0.25) is 9.80 Å². The van der Waals surface area contributed by atoms with Gasteiger partial charge in [0.2, 0.25) is 0 Å². The maximum Gasteiger partial charge on any atom is 0.0506 e. The first-order valence-corrected chi connectivity index (χ1v) is 8.23. The summed E-state index contributed by atoms with van der Waals surface area (Å²) in [6, 6.07) is 1.53. The van der Waals surface area contributed by atoms with Crippen LogP contribution < -0.4 is 10.6 Å². The highest BCUT2D eigenvalue weighted by Gasteiger charge is 2.23. The number of rotatable bonds is 6. The van der Waals surface area contributed by atoms with E-state index in [0.29, 0.717) is 0 Å². The Bertz CT molecular complexity index is 206. The van der Waals surface area contributed by atoms with Gasteiger partial charge in [0.1, 0.15) is 0 Å². The quantitative estimate of drug-likeness (QED) is 0.755. The summed E-state index contributed by atoms with van der Waals surface area (Å²) in [5.41, 5.74) is 0. The van der Waals surface area contributed by atoms with E-state index in [9.17, 15) is 0 Å². The molecule has 2 rings (SSSR count). The van der Waals surface area contributed by atoms with Crippen molar-refractivity contribution in [3.05, 3.63) is 0 Å². The molecule has 0 atom stereocenters. The smallest absolute Gasteiger partial charge is 0.0506 e. The maximum absolute atomic E-state index is 3.58. The first-order chi connectivity index (χ1) is 9.31. The highest BCUT2D eigenvalue weighted by Crippen LogP contribution is 2.14.